The second-order valence-electron chi connectivity index (χ2n) is 30.8. The second-order valence-corrected chi connectivity index (χ2v) is 30.8. The van der Waals surface area contributed by atoms with E-state index in [0.29, 0.717) is 82.2 Å². The van der Waals surface area contributed by atoms with E-state index in [2.05, 4.69) is 150 Å². The van der Waals surface area contributed by atoms with Gasteiger partial charge in [0.2, 0.25) is 5.91 Å². The van der Waals surface area contributed by atoms with E-state index >= 15 is 0 Å². The normalized spacial score (nSPS) is 20.2. The minimum Gasteiger partial charge on any atom is -0.389 e. The molecule has 0 radical (unpaired) electrons. The van der Waals surface area contributed by atoms with Crippen LogP contribution in [0.3, 0.4) is 0 Å². The van der Waals surface area contributed by atoms with Gasteiger partial charge in [-0.15, -0.1) is 0 Å². The topological polar surface area (TPSA) is 316 Å². The summed E-state index contributed by atoms with van der Waals surface area (Å²) in [6.45, 7) is 6.67. The number of anilines is 3. The Morgan fingerprint density at radius 1 is 0.450 bits per heavy atom. The van der Waals surface area contributed by atoms with Crippen molar-refractivity contribution in [1.82, 2.24) is 78.5 Å². The number of carbonyl (C=O) groups excluding carboxylic acids is 1. The third-order valence-electron chi connectivity index (χ3n) is 22.2. The van der Waals surface area contributed by atoms with Gasteiger partial charge in [-0.25, -0.2) is 44.9 Å². The lowest BCUT2D eigenvalue weighted by molar-refractivity contribution is -0.118. The molecule has 3 saturated carbocycles. The average Bonchev–Trinajstić information content (AvgIpc) is 1.38. The van der Waals surface area contributed by atoms with Gasteiger partial charge in [-0.3, -0.25) is 18.0 Å². The maximum atomic E-state index is 11.2. The van der Waals surface area contributed by atoms with Gasteiger partial charge in [-0.1, -0.05) is 146 Å². The van der Waals surface area contributed by atoms with Crippen LogP contribution in [-0.2, 0) is 4.79 Å². The molecule has 6 aromatic carbocycles. The number of rotatable bonds is 18. The number of hydrogen-bond donors (Lipinski definition) is 8. The Labute approximate surface area is 642 Å². The molecule has 19 rings (SSSR count). The second kappa shape index (κ2) is 29.8. The zero-order chi connectivity index (χ0) is 76.1. The number of aliphatic hydroxyl groups is 3. The Morgan fingerprint density at radius 2 is 0.802 bits per heavy atom. The van der Waals surface area contributed by atoms with Gasteiger partial charge in [0.15, 0.2) is 0 Å². The number of amides is 1. The number of hydrogen-bond acceptors (Lipinski definition) is 19. The number of nitrogens with zero attached hydrogens (tertiary/aromatic N) is 14. The maximum absolute atomic E-state index is 11.2. The highest BCUT2D eigenvalue weighted by atomic mass is 16.3. The van der Waals surface area contributed by atoms with Gasteiger partial charge in [-0.2, -0.15) is 0 Å². The summed E-state index contributed by atoms with van der Waals surface area (Å²) in [5, 5.41) is 42.2. The van der Waals surface area contributed by atoms with E-state index in [4.69, 9.17) is 47.1 Å². The number of nitrogen functional groups attached to an aromatic ring is 3. The summed E-state index contributed by atoms with van der Waals surface area (Å²) >= 11 is 0. The zero-order valence-corrected chi connectivity index (χ0v) is 62.4. The van der Waals surface area contributed by atoms with Crippen molar-refractivity contribution in [3.63, 3.8) is 0 Å². The molecule has 23 nitrogen and oxygen atoms in total. The molecule has 1 saturated heterocycles. The highest BCUT2D eigenvalue weighted by molar-refractivity contribution is 5.95. The first-order chi connectivity index (χ1) is 53.9. The van der Waals surface area contributed by atoms with E-state index in [1.165, 1.54) is 19.8 Å². The van der Waals surface area contributed by atoms with Crippen LogP contribution in [0.2, 0.25) is 0 Å². The molecular weight excluding hydrogens is 1390 g/mol. The number of carbonyl (C=O) groups is 1. The molecule has 9 aromatic heterocycles. The minimum atomic E-state index is -0.813. The molecule has 11 N–H and O–H groups in total. The molecule has 15 aromatic rings. The van der Waals surface area contributed by atoms with Gasteiger partial charge in [0.05, 0.1) is 50.4 Å². The first kappa shape index (κ1) is 71.9. The first-order valence-electron chi connectivity index (χ1n) is 38.1. The van der Waals surface area contributed by atoms with Crippen LogP contribution in [0.25, 0.3) is 117 Å². The molecule has 23 heteroatoms. The Bertz CT molecular complexity index is 5950. The largest absolute Gasteiger partial charge is 0.389 e. The molecule has 560 valence electrons. The number of nitrogens with one attached hydrogen (secondary N) is 2. The number of imidazole rings is 3. The van der Waals surface area contributed by atoms with Crippen molar-refractivity contribution in [2.45, 2.75) is 92.8 Å². The Kier molecular flexibility index (Phi) is 19.3. The molecule has 1 aliphatic heterocycles. The first-order valence-corrected chi connectivity index (χ1v) is 38.1. The molecule has 111 heavy (non-hydrogen) atoms. The van der Waals surface area contributed by atoms with E-state index < -0.39 is 16.8 Å². The highest BCUT2D eigenvalue weighted by Gasteiger charge is 2.48. The Morgan fingerprint density at radius 3 is 1.16 bits per heavy atom. The van der Waals surface area contributed by atoms with Crippen LogP contribution < -0.4 is 27.8 Å². The predicted molar refractivity (Wildman–Crippen MR) is 437 cm³/mol. The molecule has 0 unspecified atom stereocenters. The molecule has 10 heterocycles. The van der Waals surface area contributed by atoms with Crippen molar-refractivity contribution in [1.29, 1.82) is 0 Å². The van der Waals surface area contributed by atoms with Crippen LogP contribution in [0.15, 0.2) is 219 Å². The predicted octanol–water partition coefficient (Wildman–Crippen LogP) is 12.8. The fourth-order valence-corrected chi connectivity index (χ4v) is 16.9. The fraction of sp³-hybridized carbons (Fsp3) is 0.273. The lowest BCUT2D eigenvalue weighted by atomic mass is 9.70. The monoisotopic (exact) mass is 1480 g/mol. The van der Waals surface area contributed by atoms with E-state index in [9.17, 15) is 20.1 Å². The highest BCUT2D eigenvalue weighted by Crippen LogP contribution is 2.49. The van der Waals surface area contributed by atoms with Gasteiger partial charge in [0.25, 0.3) is 0 Å². The SMILES string of the molecule is CC(=O)NCCNCC1(O)CC(c2nc(-c3ccc4ccc(-c5ccccc5)nc4c3)c3c(N)nccn23)C1.CN(C)CC1(O)CC(c2nc(-c3ccc4ccc(-c5ccccc5)nc4c3)c3c(N)nccn23)C1.Nc1nccn2c(C3CC(O)(CN4CCCC4)C3)nc(-c3ccc4ccc(-c5ccccc5)nc4c3)c12. The van der Waals surface area contributed by atoms with Crippen molar-refractivity contribution < 1.29 is 20.1 Å². The van der Waals surface area contributed by atoms with Gasteiger partial charge in [0.1, 0.15) is 68.6 Å². The summed E-state index contributed by atoms with van der Waals surface area (Å²) in [5.74, 6) is 4.38. The average molecular weight is 1480 g/mol. The molecule has 4 aliphatic rings. The van der Waals surface area contributed by atoms with Crippen molar-refractivity contribution >= 4 is 72.6 Å². The summed E-state index contributed by atoms with van der Waals surface area (Å²) in [5.41, 5.74) is 33.2. The molecular formula is C88H89N19O4. The van der Waals surface area contributed by atoms with Crippen LogP contribution in [0.4, 0.5) is 17.5 Å². The standard InChI is InChI=1S/C30H31N7O2.C30H30N6O.C28H28N6O/c1-19(38)33-12-11-32-18-30(39)16-23(17-30)29-36-26(27-28(31)34-13-14-37(27)29)22-8-7-21-9-10-24(35-25(21)15-22)20-5-3-2-4-6-20;31-28-27-26(22-9-8-21-10-11-24(33-25(21)16-22)20-6-2-1-3-7-20)34-29(36(27)15-12-32-28)23-17-30(37,18-23)19-35-13-4-5-14-35;1-33(2)17-28(35)15-21(16-28)27-32-24(25-26(29)30-12-13-34(25)27)20-9-8-19-10-11-22(31-23(19)14-20)18-6-4-3-5-7-18/h2-10,13-15,23,32,39H,11-12,16-18H2,1H3,(H2,31,34)(H,33,38);1-3,6-12,15-16,23,37H,4-5,13-14,17-19H2,(H2,31,32);3-14,21,35H,15-17H2,1-2H3,(H2,29,30). The van der Waals surface area contributed by atoms with Crippen LogP contribution in [0, 0.1) is 0 Å². The fourth-order valence-electron chi connectivity index (χ4n) is 16.9. The zero-order valence-electron chi connectivity index (χ0n) is 62.4. The van der Waals surface area contributed by atoms with Gasteiger partial charge < -0.3 is 53.0 Å². The lowest BCUT2D eigenvalue weighted by Gasteiger charge is -2.45. The third-order valence-corrected chi connectivity index (χ3v) is 22.2. The van der Waals surface area contributed by atoms with E-state index in [-0.39, 0.29) is 23.7 Å². The van der Waals surface area contributed by atoms with Crippen LogP contribution >= 0.6 is 0 Å². The minimum absolute atomic E-state index is 0.0613. The van der Waals surface area contributed by atoms with E-state index in [1.807, 2.05) is 113 Å². The quantitative estimate of drug-likeness (QED) is 0.0370. The van der Waals surface area contributed by atoms with Gasteiger partial charge in [-0.05, 0) is 115 Å². The number of nitrogens with two attached hydrogens (primary N) is 3. The van der Waals surface area contributed by atoms with Crippen molar-refractivity contribution in [3.8, 4) is 67.5 Å². The smallest absolute Gasteiger partial charge is 0.216 e. The van der Waals surface area contributed by atoms with Gasteiger partial charge >= 0.3 is 0 Å². The van der Waals surface area contributed by atoms with Crippen LogP contribution in [0.1, 0.15) is 93.5 Å². The summed E-state index contributed by atoms with van der Waals surface area (Å²) in [6.07, 6.45) is 17.2. The van der Waals surface area contributed by atoms with E-state index in [0.717, 1.165) is 154 Å². The number of likely N-dealkylation sites (N-methyl/N-ethyl adjacent to an activating group) is 1. The number of likely N-dealkylation sites (tertiary alicyclic amines) is 1. The van der Waals surface area contributed by atoms with Gasteiger partial charge in [0, 0.05) is 144 Å². The number of fused-ring (bicyclic) bond motifs is 6. The summed E-state index contributed by atoms with van der Waals surface area (Å²) in [7, 11) is 3.97. The molecule has 3 aliphatic carbocycles. The van der Waals surface area contributed by atoms with Crippen molar-refractivity contribution in [2.75, 3.05) is 77.1 Å². The Balaban J connectivity index is 0.000000121. The van der Waals surface area contributed by atoms with Crippen molar-refractivity contribution in [3.05, 3.63) is 237 Å². The molecule has 0 spiro atoms. The van der Waals surface area contributed by atoms with Crippen molar-refractivity contribution in [2.24, 2.45) is 0 Å². The lowest BCUT2D eigenvalue weighted by Crippen LogP contribution is -2.51. The summed E-state index contributed by atoms with van der Waals surface area (Å²) < 4.78 is 6.11. The van der Waals surface area contributed by atoms with E-state index in [1.54, 1.807) is 18.6 Å². The number of β-amino-alcohol motifs (C(OH)–C–C–N with tert-alkyl or cyclic N) is 1. The van der Waals surface area contributed by atoms with Crippen LogP contribution in [-0.4, -0.2) is 166 Å². The summed E-state index contributed by atoms with van der Waals surface area (Å²) in [4.78, 5) is 58.5. The molecule has 0 bridgehead atoms. The van der Waals surface area contributed by atoms with Crippen LogP contribution in [0.5, 0.6) is 0 Å². The summed E-state index contributed by atoms with van der Waals surface area (Å²) in [6, 6.07) is 61.6. The number of benzene rings is 6. The Hall–Kier alpha value is -12.0. The number of aromatic nitrogens is 12. The molecule has 4 fully saturated rings. The molecule has 0 atom stereocenters. The molecule has 1 amide bonds. The number of pyridine rings is 3. The third kappa shape index (κ3) is 14.7. The maximum Gasteiger partial charge on any atom is 0.216 e.